The minimum atomic E-state index is -0.801. The molecule has 4 N–H and O–H groups in total. The first kappa shape index (κ1) is 26.1. The van der Waals surface area contributed by atoms with Crippen molar-refractivity contribution in [3.05, 3.63) is 42.0 Å². The van der Waals surface area contributed by atoms with Crippen LogP contribution in [0.2, 0.25) is 0 Å². The Bertz CT molecular complexity index is 982. The van der Waals surface area contributed by atoms with E-state index in [2.05, 4.69) is 16.0 Å². The number of fused-ring (bicyclic) bond motifs is 1. The fourth-order valence-electron chi connectivity index (χ4n) is 3.47. The van der Waals surface area contributed by atoms with Crippen LogP contribution < -0.4 is 30.2 Å². The number of carbonyl (C=O) groups excluding carboxylic acids is 2. The number of hydrogen-bond acceptors (Lipinski definition) is 8. The van der Waals surface area contributed by atoms with E-state index in [4.69, 9.17) is 18.9 Å². The summed E-state index contributed by atoms with van der Waals surface area (Å²) in [6.07, 6.45) is 0.0935. The van der Waals surface area contributed by atoms with Crippen LogP contribution in [0.25, 0.3) is 0 Å². The van der Waals surface area contributed by atoms with E-state index in [1.165, 1.54) is 0 Å². The zero-order chi connectivity index (χ0) is 25.0. The van der Waals surface area contributed by atoms with E-state index < -0.39 is 12.2 Å². The van der Waals surface area contributed by atoms with Gasteiger partial charge in [-0.05, 0) is 49.2 Å². The number of aliphatic hydroxyl groups excluding tert-OH is 1. The minimum absolute atomic E-state index is 0.00454. The third-order valence-electron chi connectivity index (χ3n) is 5.22. The molecule has 1 atom stereocenters. The molecule has 10 heteroatoms. The molecule has 10 nitrogen and oxygen atoms in total. The van der Waals surface area contributed by atoms with Crippen molar-refractivity contribution in [2.45, 2.75) is 32.3 Å². The quantitative estimate of drug-likeness (QED) is 0.318. The molecule has 2 aromatic carbocycles. The predicted molar refractivity (Wildman–Crippen MR) is 132 cm³/mol. The summed E-state index contributed by atoms with van der Waals surface area (Å²) in [5, 5.41) is 19.0. The molecule has 2 amide bonds. The van der Waals surface area contributed by atoms with Crippen molar-refractivity contribution in [3.63, 3.8) is 0 Å². The Kier molecular flexibility index (Phi) is 10.00. The van der Waals surface area contributed by atoms with Crippen LogP contribution in [0.4, 0.5) is 16.2 Å². The molecule has 1 aliphatic rings. The van der Waals surface area contributed by atoms with Gasteiger partial charge in [0.2, 0.25) is 5.91 Å². The normalized spacial score (nSPS) is 13.3. The minimum Gasteiger partial charge on any atom is -0.497 e. The Hall–Kier alpha value is -3.50. The Morgan fingerprint density at radius 3 is 2.60 bits per heavy atom. The highest BCUT2D eigenvalue weighted by Gasteiger charge is 2.23. The van der Waals surface area contributed by atoms with Crippen molar-refractivity contribution >= 4 is 23.4 Å². The van der Waals surface area contributed by atoms with Gasteiger partial charge in [0.1, 0.15) is 36.6 Å². The Morgan fingerprint density at radius 2 is 1.86 bits per heavy atom. The maximum atomic E-state index is 12.1. The van der Waals surface area contributed by atoms with Crippen LogP contribution in [-0.2, 0) is 16.0 Å². The molecule has 0 spiro atoms. The van der Waals surface area contributed by atoms with Gasteiger partial charge in [-0.25, -0.2) is 4.79 Å². The molecule has 0 fully saturated rings. The summed E-state index contributed by atoms with van der Waals surface area (Å²) in [6, 6.07) is 10.7. The van der Waals surface area contributed by atoms with E-state index in [0.717, 1.165) is 17.1 Å². The summed E-state index contributed by atoms with van der Waals surface area (Å²) in [6.45, 7) is 3.46. The standard InChI is InChI=1S/C25H33N3O7/c1-3-13-34-25(31)28-22-10-9-21-20(8-11-23(30)27-21)24(22)35-16-17(29)15-26-12-14-33-19-6-4-18(32-2)5-7-19/h4-7,9-10,17,26,29H,3,8,11-16H2,1-2H3,(H,27,30)(H,28,31). The summed E-state index contributed by atoms with van der Waals surface area (Å²) < 4.78 is 21.8. The molecule has 0 aromatic heterocycles. The summed E-state index contributed by atoms with van der Waals surface area (Å²) in [7, 11) is 1.61. The third-order valence-corrected chi connectivity index (χ3v) is 5.22. The van der Waals surface area contributed by atoms with Gasteiger partial charge in [-0.1, -0.05) is 6.92 Å². The van der Waals surface area contributed by atoms with Crippen LogP contribution in [0.3, 0.4) is 0 Å². The molecule has 1 heterocycles. The predicted octanol–water partition coefficient (Wildman–Crippen LogP) is 2.95. The molecule has 0 saturated heterocycles. The van der Waals surface area contributed by atoms with Crippen molar-refractivity contribution in [2.24, 2.45) is 0 Å². The van der Waals surface area contributed by atoms with Gasteiger partial charge in [0, 0.05) is 30.8 Å². The van der Waals surface area contributed by atoms with Crippen LogP contribution in [0.1, 0.15) is 25.3 Å². The van der Waals surface area contributed by atoms with E-state index in [-0.39, 0.29) is 12.5 Å². The Balaban J connectivity index is 1.50. The number of carbonyl (C=O) groups is 2. The smallest absolute Gasteiger partial charge is 0.411 e. The van der Waals surface area contributed by atoms with Gasteiger partial charge < -0.3 is 34.7 Å². The molecule has 0 radical (unpaired) electrons. The first-order valence-corrected chi connectivity index (χ1v) is 11.7. The molecule has 190 valence electrons. The third kappa shape index (κ3) is 8.04. The lowest BCUT2D eigenvalue weighted by Crippen LogP contribution is -2.34. The van der Waals surface area contributed by atoms with Crippen molar-refractivity contribution in [3.8, 4) is 17.2 Å². The maximum absolute atomic E-state index is 12.1. The van der Waals surface area contributed by atoms with Crippen LogP contribution in [0.5, 0.6) is 17.2 Å². The number of ether oxygens (including phenoxy) is 4. The lowest BCUT2D eigenvalue weighted by Gasteiger charge is -2.23. The lowest BCUT2D eigenvalue weighted by atomic mass is 10.0. The monoisotopic (exact) mass is 487 g/mol. The highest BCUT2D eigenvalue weighted by Crippen LogP contribution is 2.38. The summed E-state index contributed by atoms with van der Waals surface area (Å²) in [4.78, 5) is 23.9. The lowest BCUT2D eigenvalue weighted by molar-refractivity contribution is -0.116. The van der Waals surface area contributed by atoms with Crippen LogP contribution in [0.15, 0.2) is 36.4 Å². The summed E-state index contributed by atoms with van der Waals surface area (Å²) >= 11 is 0. The van der Waals surface area contributed by atoms with Crippen LogP contribution in [-0.4, -0.2) is 63.2 Å². The number of anilines is 2. The number of methoxy groups -OCH3 is 1. The van der Waals surface area contributed by atoms with E-state index in [0.29, 0.717) is 62.7 Å². The van der Waals surface area contributed by atoms with Gasteiger partial charge >= 0.3 is 6.09 Å². The molecule has 1 unspecified atom stereocenters. The first-order chi connectivity index (χ1) is 17.0. The second-order valence-electron chi connectivity index (χ2n) is 7.97. The molecule has 3 rings (SSSR count). The fourth-order valence-corrected chi connectivity index (χ4v) is 3.47. The molecule has 0 saturated carbocycles. The van der Waals surface area contributed by atoms with Crippen molar-refractivity contribution < 1.29 is 33.6 Å². The van der Waals surface area contributed by atoms with Crippen LogP contribution >= 0.6 is 0 Å². The van der Waals surface area contributed by atoms with E-state index in [1.54, 1.807) is 19.2 Å². The highest BCUT2D eigenvalue weighted by atomic mass is 16.5. The van der Waals surface area contributed by atoms with Crippen molar-refractivity contribution in [2.75, 3.05) is 50.7 Å². The van der Waals surface area contributed by atoms with Gasteiger partial charge in [-0.3, -0.25) is 10.1 Å². The van der Waals surface area contributed by atoms with Gasteiger partial charge in [0.15, 0.2) is 0 Å². The molecule has 35 heavy (non-hydrogen) atoms. The van der Waals surface area contributed by atoms with Crippen molar-refractivity contribution in [1.29, 1.82) is 0 Å². The molecule has 0 aliphatic carbocycles. The zero-order valence-corrected chi connectivity index (χ0v) is 20.1. The molecular weight excluding hydrogens is 454 g/mol. The van der Waals surface area contributed by atoms with Crippen LogP contribution in [0, 0.1) is 0 Å². The topological polar surface area (TPSA) is 127 Å². The van der Waals surface area contributed by atoms with E-state index in [9.17, 15) is 14.7 Å². The van der Waals surface area contributed by atoms with Gasteiger partial charge in [0.05, 0.1) is 19.4 Å². The average molecular weight is 488 g/mol. The number of nitrogens with one attached hydrogen (secondary N) is 3. The molecule has 1 aliphatic heterocycles. The highest BCUT2D eigenvalue weighted by molar-refractivity contribution is 5.96. The van der Waals surface area contributed by atoms with Crippen molar-refractivity contribution in [1.82, 2.24) is 5.32 Å². The largest absolute Gasteiger partial charge is 0.497 e. The molecule has 2 aromatic rings. The van der Waals surface area contributed by atoms with Gasteiger partial charge in [0.25, 0.3) is 0 Å². The van der Waals surface area contributed by atoms with E-state index in [1.807, 2.05) is 31.2 Å². The van der Waals surface area contributed by atoms with E-state index >= 15 is 0 Å². The number of amides is 2. The van der Waals surface area contributed by atoms with Gasteiger partial charge in [-0.15, -0.1) is 0 Å². The molecule has 0 bridgehead atoms. The summed E-state index contributed by atoms with van der Waals surface area (Å²) in [5.74, 6) is 1.83. The fraction of sp³-hybridized carbons (Fsp3) is 0.440. The Morgan fingerprint density at radius 1 is 1.09 bits per heavy atom. The second kappa shape index (κ2) is 13.4. The average Bonchev–Trinajstić information content (AvgIpc) is 2.86. The number of hydrogen-bond donors (Lipinski definition) is 4. The zero-order valence-electron chi connectivity index (χ0n) is 20.1. The number of benzene rings is 2. The van der Waals surface area contributed by atoms with Gasteiger partial charge in [-0.2, -0.15) is 0 Å². The Labute approximate surface area is 204 Å². The number of aliphatic hydroxyl groups is 1. The molecular formula is C25H33N3O7. The summed E-state index contributed by atoms with van der Waals surface area (Å²) in [5.41, 5.74) is 1.83. The number of rotatable bonds is 13. The SMILES string of the molecule is CCCOC(=O)Nc1ccc2c(c1OCC(O)CNCCOc1ccc(OC)cc1)CCC(=O)N2. The first-order valence-electron chi connectivity index (χ1n) is 11.7. The maximum Gasteiger partial charge on any atom is 0.411 e. The second-order valence-corrected chi connectivity index (χ2v) is 7.97.